The van der Waals surface area contributed by atoms with Crippen LogP contribution in [0.2, 0.25) is 0 Å². The van der Waals surface area contributed by atoms with Crippen LogP contribution in [-0.2, 0) is 30.7 Å². The summed E-state index contributed by atoms with van der Waals surface area (Å²) in [7, 11) is -3.11. The molecule has 1 amide bonds. The molecule has 28 heavy (non-hydrogen) atoms. The highest BCUT2D eigenvalue weighted by molar-refractivity contribution is 7.91. The molecule has 3 rings (SSSR count). The van der Waals surface area contributed by atoms with Crippen LogP contribution < -0.4 is 5.32 Å². The van der Waals surface area contributed by atoms with Gasteiger partial charge < -0.3 is 19.2 Å². The molecule has 0 spiro atoms. The van der Waals surface area contributed by atoms with E-state index in [1.54, 1.807) is 12.1 Å². The Morgan fingerprint density at radius 1 is 1.32 bits per heavy atom. The van der Waals surface area contributed by atoms with E-state index in [9.17, 15) is 18.0 Å². The third-order valence-corrected chi connectivity index (χ3v) is 6.33. The number of benzene rings is 1. The van der Waals surface area contributed by atoms with Crippen LogP contribution in [0.4, 0.5) is 0 Å². The zero-order chi connectivity index (χ0) is 20.3. The van der Waals surface area contributed by atoms with Crippen molar-refractivity contribution in [3.05, 3.63) is 35.6 Å². The van der Waals surface area contributed by atoms with Crippen molar-refractivity contribution in [3.63, 3.8) is 0 Å². The van der Waals surface area contributed by atoms with Crippen molar-refractivity contribution < 1.29 is 31.9 Å². The van der Waals surface area contributed by atoms with Gasteiger partial charge in [-0.05, 0) is 26.3 Å². The third kappa shape index (κ3) is 4.53. The van der Waals surface area contributed by atoms with Crippen LogP contribution in [0.3, 0.4) is 0 Å². The fourth-order valence-electron chi connectivity index (χ4n) is 3.11. The van der Waals surface area contributed by atoms with Gasteiger partial charge in [0.15, 0.2) is 15.9 Å². The Balaban J connectivity index is 1.70. The molecule has 1 saturated heterocycles. The normalized spacial score (nSPS) is 19.4. The van der Waals surface area contributed by atoms with Gasteiger partial charge in [-0.2, -0.15) is 0 Å². The molecule has 8 nitrogen and oxygen atoms in total. The van der Waals surface area contributed by atoms with E-state index in [0.29, 0.717) is 24.2 Å². The third-order valence-electron chi connectivity index (χ3n) is 4.57. The quantitative estimate of drug-likeness (QED) is 0.694. The van der Waals surface area contributed by atoms with Gasteiger partial charge in [0, 0.05) is 23.6 Å². The first-order valence-electron chi connectivity index (χ1n) is 9.10. The predicted molar refractivity (Wildman–Crippen MR) is 102 cm³/mol. The molecule has 1 fully saturated rings. The fraction of sp³-hybridized carbons (Fsp3) is 0.474. The summed E-state index contributed by atoms with van der Waals surface area (Å²) in [5.41, 5.74) is 1.09. The lowest BCUT2D eigenvalue weighted by molar-refractivity contribution is -0.129. The molecule has 1 aliphatic heterocycles. The minimum Gasteiger partial charge on any atom is -0.449 e. The van der Waals surface area contributed by atoms with Crippen molar-refractivity contribution in [2.75, 3.05) is 18.1 Å². The topological polar surface area (TPSA) is 112 Å². The molecular weight excluding hydrogens is 386 g/mol. The number of ether oxygens (including phenoxy) is 2. The van der Waals surface area contributed by atoms with Gasteiger partial charge in [-0.1, -0.05) is 18.2 Å². The minimum absolute atomic E-state index is 0.00209. The van der Waals surface area contributed by atoms with Crippen LogP contribution in [0.15, 0.2) is 28.7 Å². The Morgan fingerprint density at radius 2 is 2.07 bits per heavy atom. The molecule has 0 radical (unpaired) electrons. The Bertz CT molecular complexity index is 979. The SMILES string of the molecule is CCOCc1c(C(=O)O[C@H](C)C(=O)N[C@H]2CCS(=O)(=O)C2)oc2ccccc12. The Hall–Kier alpha value is -2.39. The zero-order valence-electron chi connectivity index (χ0n) is 15.8. The smallest absolute Gasteiger partial charge is 0.375 e. The summed E-state index contributed by atoms with van der Waals surface area (Å²) in [6.07, 6.45) is -0.736. The molecule has 0 saturated carbocycles. The molecule has 2 atom stereocenters. The summed E-state index contributed by atoms with van der Waals surface area (Å²) in [4.78, 5) is 24.9. The van der Waals surface area contributed by atoms with E-state index >= 15 is 0 Å². The first-order valence-corrected chi connectivity index (χ1v) is 10.9. The Morgan fingerprint density at radius 3 is 2.75 bits per heavy atom. The number of rotatable bonds is 7. The van der Waals surface area contributed by atoms with Crippen molar-refractivity contribution in [1.82, 2.24) is 5.32 Å². The second-order valence-electron chi connectivity index (χ2n) is 6.70. The number of nitrogens with one attached hydrogen (secondary N) is 1. The molecule has 9 heteroatoms. The summed E-state index contributed by atoms with van der Waals surface area (Å²) in [6.45, 7) is 3.92. The van der Waals surface area contributed by atoms with E-state index in [0.717, 1.165) is 5.39 Å². The first kappa shape index (κ1) is 20.3. The number of para-hydroxylation sites is 1. The molecule has 2 heterocycles. The van der Waals surface area contributed by atoms with Gasteiger partial charge in [-0.15, -0.1) is 0 Å². The Labute approximate surface area is 163 Å². The van der Waals surface area contributed by atoms with E-state index in [-0.39, 0.29) is 23.9 Å². The van der Waals surface area contributed by atoms with E-state index in [2.05, 4.69) is 5.32 Å². The highest BCUT2D eigenvalue weighted by Crippen LogP contribution is 2.27. The molecular formula is C19H23NO7S. The molecule has 0 bridgehead atoms. The number of carbonyl (C=O) groups excluding carboxylic acids is 2. The van der Waals surface area contributed by atoms with Crippen LogP contribution in [0.25, 0.3) is 11.0 Å². The average molecular weight is 409 g/mol. The van der Waals surface area contributed by atoms with Gasteiger partial charge in [0.2, 0.25) is 5.76 Å². The molecule has 0 aliphatic carbocycles. The number of amides is 1. The Kier molecular flexibility index (Phi) is 6.04. The van der Waals surface area contributed by atoms with Crippen LogP contribution in [-0.4, -0.2) is 50.6 Å². The molecule has 1 N–H and O–H groups in total. The zero-order valence-corrected chi connectivity index (χ0v) is 16.6. The van der Waals surface area contributed by atoms with Gasteiger partial charge in [0.05, 0.1) is 18.1 Å². The monoisotopic (exact) mass is 409 g/mol. The van der Waals surface area contributed by atoms with Crippen molar-refractivity contribution in [3.8, 4) is 0 Å². The number of esters is 1. The van der Waals surface area contributed by atoms with E-state index in [1.807, 2.05) is 19.1 Å². The fourth-order valence-corrected chi connectivity index (χ4v) is 4.78. The molecule has 1 aliphatic rings. The largest absolute Gasteiger partial charge is 0.449 e. The summed E-state index contributed by atoms with van der Waals surface area (Å²) in [6, 6.07) is 6.71. The number of carbonyl (C=O) groups is 2. The van der Waals surface area contributed by atoms with E-state index in [4.69, 9.17) is 13.9 Å². The van der Waals surface area contributed by atoms with Crippen LogP contribution >= 0.6 is 0 Å². The van der Waals surface area contributed by atoms with Crippen molar-refractivity contribution >= 4 is 32.7 Å². The maximum atomic E-state index is 12.6. The van der Waals surface area contributed by atoms with E-state index in [1.165, 1.54) is 6.92 Å². The summed E-state index contributed by atoms with van der Waals surface area (Å²) in [5, 5.41) is 3.36. The van der Waals surface area contributed by atoms with Gasteiger partial charge in [-0.3, -0.25) is 4.79 Å². The lowest BCUT2D eigenvalue weighted by Gasteiger charge is -2.16. The van der Waals surface area contributed by atoms with Crippen LogP contribution in [0.5, 0.6) is 0 Å². The molecule has 1 aromatic heterocycles. The highest BCUT2D eigenvalue weighted by atomic mass is 32.2. The number of hydrogen-bond donors (Lipinski definition) is 1. The van der Waals surface area contributed by atoms with Gasteiger partial charge in [0.1, 0.15) is 5.58 Å². The van der Waals surface area contributed by atoms with Crippen LogP contribution in [0, 0.1) is 0 Å². The lowest BCUT2D eigenvalue weighted by atomic mass is 10.1. The van der Waals surface area contributed by atoms with Crippen molar-refractivity contribution in [2.24, 2.45) is 0 Å². The van der Waals surface area contributed by atoms with Crippen molar-refractivity contribution in [2.45, 2.75) is 39.0 Å². The maximum Gasteiger partial charge on any atom is 0.375 e. The van der Waals surface area contributed by atoms with Crippen molar-refractivity contribution in [1.29, 1.82) is 0 Å². The molecule has 152 valence electrons. The van der Waals surface area contributed by atoms with Crippen LogP contribution in [0.1, 0.15) is 36.4 Å². The van der Waals surface area contributed by atoms with E-state index < -0.39 is 33.9 Å². The first-order chi connectivity index (χ1) is 13.3. The number of fused-ring (bicyclic) bond motifs is 1. The minimum atomic E-state index is -3.11. The summed E-state index contributed by atoms with van der Waals surface area (Å²) >= 11 is 0. The summed E-state index contributed by atoms with van der Waals surface area (Å²) < 4.78 is 39.3. The number of furan rings is 1. The van der Waals surface area contributed by atoms with Gasteiger partial charge in [0.25, 0.3) is 5.91 Å². The number of sulfone groups is 1. The van der Waals surface area contributed by atoms with Gasteiger partial charge in [-0.25, -0.2) is 13.2 Å². The molecule has 2 aromatic rings. The second kappa shape index (κ2) is 8.32. The second-order valence-corrected chi connectivity index (χ2v) is 8.93. The summed E-state index contributed by atoms with van der Waals surface area (Å²) in [5.74, 6) is -1.36. The predicted octanol–water partition coefficient (Wildman–Crippen LogP) is 1.82. The molecule has 0 unspecified atom stereocenters. The maximum absolute atomic E-state index is 12.6. The number of hydrogen-bond acceptors (Lipinski definition) is 7. The average Bonchev–Trinajstić information content (AvgIpc) is 3.19. The van der Waals surface area contributed by atoms with Gasteiger partial charge >= 0.3 is 5.97 Å². The highest BCUT2D eigenvalue weighted by Gasteiger charge is 2.31. The molecule has 1 aromatic carbocycles. The standard InChI is InChI=1S/C19H23NO7S/c1-3-25-10-15-14-6-4-5-7-16(14)27-17(15)19(22)26-12(2)18(21)20-13-8-9-28(23,24)11-13/h4-7,12-13H,3,8-11H2,1-2H3,(H,20,21)/t12-,13+/m1/s1. The lowest BCUT2D eigenvalue weighted by Crippen LogP contribution is -2.42.